The highest BCUT2D eigenvalue weighted by molar-refractivity contribution is 7.20. The van der Waals surface area contributed by atoms with Crippen LogP contribution in [0.15, 0.2) is 6.07 Å². The fourth-order valence-electron chi connectivity index (χ4n) is 2.55. The number of hydrogen-bond donors (Lipinski definition) is 1. The van der Waals surface area contributed by atoms with E-state index in [4.69, 9.17) is 23.2 Å². The number of likely N-dealkylation sites (tertiary alicyclic amines) is 1. The van der Waals surface area contributed by atoms with Gasteiger partial charge < -0.3 is 10.2 Å². The summed E-state index contributed by atoms with van der Waals surface area (Å²) >= 11 is 13.4. The fourth-order valence-corrected chi connectivity index (χ4v) is 4.10. The maximum Gasteiger partial charge on any atom is 0.222 e. The van der Waals surface area contributed by atoms with Crippen molar-refractivity contribution >= 4 is 40.4 Å². The normalized spacial score (nSPS) is 16.6. The van der Waals surface area contributed by atoms with Gasteiger partial charge in [-0.2, -0.15) is 0 Å². The van der Waals surface area contributed by atoms with Crippen molar-refractivity contribution in [2.24, 2.45) is 0 Å². The summed E-state index contributed by atoms with van der Waals surface area (Å²) in [4.78, 5) is 14.1. The van der Waals surface area contributed by atoms with Crippen molar-refractivity contribution in [2.75, 3.05) is 20.1 Å². The molecule has 0 unspecified atom stereocenters. The Morgan fingerprint density at radius 1 is 1.45 bits per heavy atom. The van der Waals surface area contributed by atoms with Gasteiger partial charge in [-0.1, -0.05) is 23.2 Å². The van der Waals surface area contributed by atoms with Crippen LogP contribution < -0.4 is 5.32 Å². The second kappa shape index (κ2) is 7.64. The molecule has 0 radical (unpaired) electrons. The second-order valence-corrected chi connectivity index (χ2v) is 7.43. The summed E-state index contributed by atoms with van der Waals surface area (Å²) in [5.41, 5.74) is 1.06. The molecule has 0 spiro atoms. The van der Waals surface area contributed by atoms with Crippen molar-refractivity contribution < 1.29 is 4.79 Å². The predicted octanol–water partition coefficient (Wildman–Crippen LogP) is 3.59. The summed E-state index contributed by atoms with van der Waals surface area (Å²) in [5.74, 6) is 0.261. The van der Waals surface area contributed by atoms with Crippen LogP contribution in [0, 0.1) is 0 Å². The Hall–Kier alpha value is -0.290. The van der Waals surface area contributed by atoms with Crippen LogP contribution in [0.5, 0.6) is 0 Å². The van der Waals surface area contributed by atoms with Crippen LogP contribution in [-0.2, 0) is 11.2 Å². The Bertz CT molecular complexity index is 456. The number of nitrogens with one attached hydrogen (secondary N) is 1. The van der Waals surface area contributed by atoms with Crippen molar-refractivity contribution in [3.05, 3.63) is 20.3 Å². The lowest BCUT2D eigenvalue weighted by atomic mass is 10.0. The summed E-state index contributed by atoms with van der Waals surface area (Å²) in [6, 6.07) is 2.46. The van der Waals surface area contributed by atoms with Crippen LogP contribution in [0.1, 0.15) is 31.2 Å². The molecule has 3 nitrogen and oxygen atoms in total. The summed E-state index contributed by atoms with van der Waals surface area (Å²) in [7, 11) is 1.98. The molecule has 20 heavy (non-hydrogen) atoms. The summed E-state index contributed by atoms with van der Waals surface area (Å²) in [5, 5.41) is 3.27. The van der Waals surface area contributed by atoms with Gasteiger partial charge in [0.05, 0.1) is 8.67 Å². The third-order valence-electron chi connectivity index (χ3n) is 3.82. The highest BCUT2D eigenvalue weighted by Gasteiger charge is 2.21. The zero-order chi connectivity index (χ0) is 14.5. The summed E-state index contributed by atoms with van der Waals surface area (Å²) in [6.45, 7) is 1.74. The number of carbonyl (C=O) groups is 1. The van der Waals surface area contributed by atoms with E-state index in [0.29, 0.717) is 16.8 Å². The lowest BCUT2D eigenvalue weighted by Crippen LogP contribution is -2.43. The van der Waals surface area contributed by atoms with Crippen molar-refractivity contribution in [3.63, 3.8) is 0 Å². The molecule has 0 bridgehead atoms. The Morgan fingerprint density at radius 2 is 2.15 bits per heavy atom. The van der Waals surface area contributed by atoms with Crippen LogP contribution in [0.2, 0.25) is 8.67 Å². The molecule has 1 aromatic heterocycles. The number of hydrogen-bond acceptors (Lipinski definition) is 3. The molecule has 0 aliphatic carbocycles. The number of halogens is 2. The van der Waals surface area contributed by atoms with E-state index < -0.39 is 0 Å². The Balaban J connectivity index is 1.72. The maximum atomic E-state index is 12.1. The first-order valence-corrected chi connectivity index (χ1v) is 8.56. The van der Waals surface area contributed by atoms with E-state index in [-0.39, 0.29) is 5.91 Å². The molecule has 1 aliphatic heterocycles. The van der Waals surface area contributed by atoms with Gasteiger partial charge in [-0.05, 0) is 44.4 Å². The molecule has 1 amide bonds. The minimum Gasteiger partial charge on any atom is -0.343 e. The van der Waals surface area contributed by atoms with E-state index in [2.05, 4.69) is 5.32 Å². The Morgan fingerprint density at radius 3 is 2.70 bits per heavy atom. The average molecular weight is 335 g/mol. The van der Waals surface area contributed by atoms with Gasteiger partial charge in [0.25, 0.3) is 0 Å². The van der Waals surface area contributed by atoms with E-state index in [1.54, 1.807) is 0 Å². The van der Waals surface area contributed by atoms with Gasteiger partial charge in [0.1, 0.15) is 0 Å². The third kappa shape index (κ3) is 4.35. The van der Waals surface area contributed by atoms with E-state index in [1.165, 1.54) is 11.3 Å². The molecule has 0 aromatic carbocycles. The monoisotopic (exact) mass is 334 g/mol. The van der Waals surface area contributed by atoms with Crippen LogP contribution >= 0.6 is 34.5 Å². The van der Waals surface area contributed by atoms with Crippen molar-refractivity contribution in [1.82, 2.24) is 10.2 Å². The molecule has 1 N–H and O–H groups in total. The molecular weight excluding hydrogens is 315 g/mol. The lowest BCUT2D eigenvalue weighted by molar-refractivity contribution is -0.132. The van der Waals surface area contributed by atoms with Crippen molar-refractivity contribution in [3.8, 4) is 0 Å². The minimum atomic E-state index is 0.261. The zero-order valence-corrected chi connectivity index (χ0v) is 14.0. The molecule has 1 saturated heterocycles. The highest BCUT2D eigenvalue weighted by Crippen LogP contribution is 2.32. The standard InChI is InChI=1S/C14H20Cl2N2OS/c1-17-11-5-7-18(8-6-11)13(19)4-2-3-10-9-12(15)20-14(10)16/h9,11,17H,2-8H2,1H3. The first kappa shape index (κ1) is 16.1. The molecule has 0 atom stereocenters. The van der Waals surface area contributed by atoms with Gasteiger partial charge in [-0.3, -0.25) is 4.79 Å². The van der Waals surface area contributed by atoms with Crippen LogP contribution in [0.25, 0.3) is 0 Å². The molecule has 0 saturated carbocycles. The highest BCUT2D eigenvalue weighted by atomic mass is 35.5. The smallest absolute Gasteiger partial charge is 0.222 e. The first-order valence-electron chi connectivity index (χ1n) is 6.99. The molecule has 1 aromatic rings. The lowest BCUT2D eigenvalue weighted by Gasteiger charge is -2.31. The second-order valence-electron chi connectivity index (χ2n) is 5.15. The fraction of sp³-hybridized carbons (Fsp3) is 0.643. The van der Waals surface area contributed by atoms with E-state index >= 15 is 0 Å². The maximum absolute atomic E-state index is 12.1. The number of thiophene rings is 1. The molecule has 112 valence electrons. The van der Waals surface area contributed by atoms with Gasteiger partial charge in [-0.25, -0.2) is 0 Å². The van der Waals surface area contributed by atoms with Gasteiger partial charge >= 0.3 is 0 Å². The summed E-state index contributed by atoms with van der Waals surface area (Å²) in [6.07, 6.45) is 4.34. The quantitative estimate of drug-likeness (QED) is 0.892. The van der Waals surface area contributed by atoms with Gasteiger partial charge in [0, 0.05) is 25.6 Å². The van der Waals surface area contributed by atoms with Crippen LogP contribution in [0.4, 0.5) is 0 Å². The van der Waals surface area contributed by atoms with E-state index in [0.717, 1.165) is 48.7 Å². The SMILES string of the molecule is CNC1CCN(C(=O)CCCc2cc(Cl)sc2Cl)CC1. The number of rotatable bonds is 5. The number of piperidine rings is 1. The predicted molar refractivity (Wildman–Crippen MR) is 85.9 cm³/mol. The minimum absolute atomic E-state index is 0.261. The zero-order valence-electron chi connectivity index (χ0n) is 11.6. The van der Waals surface area contributed by atoms with Crippen molar-refractivity contribution in [1.29, 1.82) is 0 Å². The van der Waals surface area contributed by atoms with Crippen LogP contribution in [0.3, 0.4) is 0 Å². The van der Waals surface area contributed by atoms with Gasteiger partial charge in [0.2, 0.25) is 5.91 Å². The molecule has 1 aliphatic rings. The average Bonchev–Trinajstić information content (AvgIpc) is 2.77. The first-order chi connectivity index (χ1) is 9.60. The Kier molecular flexibility index (Phi) is 6.15. The third-order valence-corrected chi connectivity index (χ3v) is 5.39. The number of carbonyl (C=O) groups excluding carboxylic acids is 1. The number of amides is 1. The largest absolute Gasteiger partial charge is 0.343 e. The van der Waals surface area contributed by atoms with E-state index in [1.807, 2.05) is 18.0 Å². The summed E-state index contributed by atoms with van der Waals surface area (Å²) < 4.78 is 1.46. The number of nitrogens with zero attached hydrogens (tertiary/aromatic N) is 1. The van der Waals surface area contributed by atoms with Gasteiger partial charge in [0.15, 0.2) is 0 Å². The van der Waals surface area contributed by atoms with Gasteiger partial charge in [-0.15, -0.1) is 11.3 Å². The molecule has 6 heteroatoms. The van der Waals surface area contributed by atoms with E-state index in [9.17, 15) is 4.79 Å². The topological polar surface area (TPSA) is 32.3 Å². The molecule has 1 fully saturated rings. The van der Waals surface area contributed by atoms with Crippen LogP contribution in [-0.4, -0.2) is 37.0 Å². The molecular formula is C14H20Cl2N2OS. The Labute approximate surface area is 134 Å². The molecule has 2 heterocycles. The van der Waals surface area contributed by atoms with Crippen molar-refractivity contribution in [2.45, 2.75) is 38.1 Å². The number of aryl methyl sites for hydroxylation is 1. The molecule has 2 rings (SSSR count).